The first-order chi connectivity index (χ1) is 7.83. The van der Waals surface area contributed by atoms with Crippen molar-refractivity contribution in [2.45, 2.75) is 40.2 Å². The normalized spacial score (nSPS) is 24.8. The van der Waals surface area contributed by atoms with E-state index >= 15 is 0 Å². The van der Waals surface area contributed by atoms with E-state index in [1.807, 2.05) is 27.7 Å². The molecule has 1 heterocycles. The molecule has 1 N–H and O–H groups in total. The van der Waals surface area contributed by atoms with E-state index in [1.165, 1.54) is 0 Å². The van der Waals surface area contributed by atoms with Crippen LogP contribution in [0.15, 0.2) is 0 Å². The second kappa shape index (κ2) is 5.71. The summed E-state index contributed by atoms with van der Waals surface area (Å²) < 4.78 is 5.40. The number of rotatable bonds is 3. The highest BCUT2D eigenvalue weighted by Crippen LogP contribution is 2.18. The Hall–Kier alpha value is -0.770. The number of hydrogen-bond acceptors (Lipinski definition) is 3. The lowest BCUT2D eigenvalue weighted by atomic mass is 9.98. The van der Waals surface area contributed by atoms with Gasteiger partial charge in [-0.25, -0.2) is 4.79 Å². The first-order valence-corrected chi connectivity index (χ1v) is 6.52. The molecule has 17 heavy (non-hydrogen) atoms. The Balaban J connectivity index is 2.50. The lowest BCUT2D eigenvalue weighted by molar-refractivity contribution is 0.0226. The highest BCUT2D eigenvalue weighted by molar-refractivity contribution is 5.68. The summed E-state index contributed by atoms with van der Waals surface area (Å²) in [6.07, 6.45) is -0.195. The predicted octanol–water partition coefficient (Wildman–Crippen LogP) is 2.10. The highest BCUT2D eigenvalue weighted by atomic mass is 16.6. The Kier molecular flexibility index (Phi) is 4.80. The second-order valence-corrected chi connectivity index (χ2v) is 5.91. The van der Waals surface area contributed by atoms with E-state index in [-0.39, 0.29) is 6.09 Å². The van der Waals surface area contributed by atoms with Crippen LogP contribution in [0.25, 0.3) is 0 Å². The molecule has 0 bridgehead atoms. The molecule has 1 saturated heterocycles. The van der Waals surface area contributed by atoms with Gasteiger partial charge in [0.2, 0.25) is 0 Å². The summed E-state index contributed by atoms with van der Waals surface area (Å²) in [5, 5.41) is 3.36. The molecule has 0 aliphatic carbocycles. The molecule has 1 aliphatic heterocycles. The molecule has 2 atom stereocenters. The summed E-state index contributed by atoms with van der Waals surface area (Å²) in [5.41, 5.74) is -0.413. The van der Waals surface area contributed by atoms with Gasteiger partial charge in [0.25, 0.3) is 0 Å². The second-order valence-electron chi connectivity index (χ2n) is 5.91. The zero-order valence-electron chi connectivity index (χ0n) is 11.7. The molecule has 1 aliphatic rings. The van der Waals surface area contributed by atoms with Crippen LogP contribution in [0.3, 0.4) is 0 Å². The number of nitrogens with zero attached hydrogens (tertiary/aromatic N) is 1. The first-order valence-electron chi connectivity index (χ1n) is 6.52. The molecule has 4 nitrogen and oxygen atoms in total. The third kappa shape index (κ3) is 4.54. The topological polar surface area (TPSA) is 41.6 Å². The van der Waals surface area contributed by atoms with Crippen molar-refractivity contribution in [3.8, 4) is 0 Å². The third-order valence-corrected chi connectivity index (χ3v) is 3.17. The number of hydrogen-bond donors (Lipinski definition) is 1. The Morgan fingerprint density at radius 1 is 1.41 bits per heavy atom. The van der Waals surface area contributed by atoms with Gasteiger partial charge in [0.15, 0.2) is 0 Å². The van der Waals surface area contributed by atoms with Crippen LogP contribution in [0, 0.1) is 11.8 Å². The molecule has 0 aromatic heterocycles. The van der Waals surface area contributed by atoms with Crippen molar-refractivity contribution in [2.75, 3.05) is 26.2 Å². The molecular formula is C13H26N2O2. The molecule has 1 fully saturated rings. The van der Waals surface area contributed by atoms with Crippen molar-refractivity contribution in [1.82, 2.24) is 10.2 Å². The number of amides is 1. The van der Waals surface area contributed by atoms with Crippen LogP contribution < -0.4 is 5.32 Å². The summed E-state index contributed by atoms with van der Waals surface area (Å²) in [6.45, 7) is 13.5. The first kappa shape index (κ1) is 14.3. The van der Waals surface area contributed by atoms with Crippen molar-refractivity contribution in [1.29, 1.82) is 0 Å². The molecular weight excluding hydrogens is 216 g/mol. The number of carbonyl (C=O) groups excluding carboxylic acids is 1. The van der Waals surface area contributed by atoms with Crippen molar-refractivity contribution in [2.24, 2.45) is 11.8 Å². The maximum atomic E-state index is 12.0. The SMILES string of the molecule is CCN(CC1CNCC1C)C(=O)OC(C)(C)C. The van der Waals surface area contributed by atoms with Crippen LogP contribution >= 0.6 is 0 Å². The van der Waals surface area contributed by atoms with E-state index in [0.717, 1.165) is 19.6 Å². The van der Waals surface area contributed by atoms with Gasteiger partial charge < -0.3 is 15.0 Å². The van der Waals surface area contributed by atoms with Gasteiger partial charge in [-0.1, -0.05) is 6.92 Å². The maximum Gasteiger partial charge on any atom is 0.410 e. The van der Waals surface area contributed by atoms with E-state index in [4.69, 9.17) is 4.74 Å². The molecule has 0 saturated carbocycles. The van der Waals surface area contributed by atoms with Crippen molar-refractivity contribution < 1.29 is 9.53 Å². The maximum absolute atomic E-state index is 12.0. The van der Waals surface area contributed by atoms with Crippen LogP contribution in [0.4, 0.5) is 4.79 Å². The molecule has 4 heteroatoms. The number of ether oxygens (including phenoxy) is 1. The Morgan fingerprint density at radius 2 is 2.06 bits per heavy atom. The van der Waals surface area contributed by atoms with E-state index in [0.29, 0.717) is 18.4 Å². The molecule has 2 unspecified atom stereocenters. The molecule has 0 spiro atoms. The van der Waals surface area contributed by atoms with Crippen molar-refractivity contribution in [3.63, 3.8) is 0 Å². The fraction of sp³-hybridized carbons (Fsp3) is 0.923. The predicted molar refractivity (Wildman–Crippen MR) is 69.0 cm³/mol. The number of nitrogens with one attached hydrogen (secondary N) is 1. The minimum absolute atomic E-state index is 0.195. The van der Waals surface area contributed by atoms with Crippen LogP contribution in [0.1, 0.15) is 34.6 Å². The fourth-order valence-electron chi connectivity index (χ4n) is 2.05. The van der Waals surface area contributed by atoms with Gasteiger partial charge >= 0.3 is 6.09 Å². The molecule has 1 amide bonds. The van der Waals surface area contributed by atoms with Gasteiger partial charge in [0.05, 0.1) is 0 Å². The zero-order valence-corrected chi connectivity index (χ0v) is 11.7. The van der Waals surface area contributed by atoms with Gasteiger partial charge in [-0.3, -0.25) is 0 Å². The third-order valence-electron chi connectivity index (χ3n) is 3.17. The average Bonchev–Trinajstić information content (AvgIpc) is 2.57. The van der Waals surface area contributed by atoms with Gasteiger partial charge in [-0.2, -0.15) is 0 Å². The Morgan fingerprint density at radius 3 is 2.47 bits per heavy atom. The zero-order chi connectivity index (χ0) is 13.1. The summed E-state index contributed by atoms with van der Waals surface area (Å²) in [4.78, 5) is 13.8. The van der Waals surface area contributed by atoms with Crippen molar-refractivity contribution >= 4 is 6.09 Å². The minimum atomic E-state index is -0.413. The van der Waals surface area contributed by atoms with E-state index in [9.17, 15) is 4.79 Å². The summed E-state index contributed by atoms with van der Waals surface area (Å²) in [7, 11) is 0. The van der Waals surface area contributed by atoms with Crippen LogP contribution in [-0.4, -0.2) is 42.8 Å². The minimum Gasteiger partial charge on any atom is -0.444 e. The molecule has 100 valence electrons. The van der Waals surface area contributed by atoms with Crippen LogP contribution in [0.5, 0.6) is 0 Å². The lowest BCUT2D eigenvalue weighted by Crippen LogP contribution is -2.40. The quantitative estimate of drug-likeness (QED) is 0.824. The smallest absolute Gasteiger partial charge is 0.410 e. The summed E-state index contributed by atoms with van der Waals surface area (Å²) in [5.74, 6) is 1.17. The standard InChI is InChI=1S/C13H26N2O2/c1-6-15(12(16)17-13(3,4)5)9-11-8-14-7-10(11)2/h10-11,14H,6-9H2,1-5H3. The largest absolute Gasteiger partial charge is 0.444 e. The van der Waals surface area contributed by atoms with Gasteiger partial charge in [-0.15, -0.1) is 0 Å². The van der Waals surface area contributed by atoms with E-state index in [2.05, 4.69) is 12.2 Å². The highest BCUT2D eigenvalue weighted by Gasteiger charge is 2.28. The Labute approximate surface area is 105 Å². The number of carbonyl (C=O) groups is 1. The lowest BCUT2D eigenvalue weighted by Gasteiger charge is -2.29. The molecule has 0 aromatic rings. The van der Waals surface area contributed by atoms with Gasteiger partial charge in [0.1, 0.15) is 5.60 Å². The molecule has 0 aromatic carbocycles. The summed E-state index contributed by atoms with van der Waals surface area (Å²) in [6, 6.07) is 0. The summed E-state index contributed by atoms with van der Waals surface area (Å²) >= 11 is 0. The van der Waals surface area contributed by atoms with Gasteiger partial charge in [-0.05, 0) is 52.6 Å². The van der Waals surface area contributed by atoms with Crippen molar-refractivity contribution in [3.05, 3.63) is 0 Å². The monoisotopic (exact) mass is 242 g/mol. The molecule has 0 radical (unpaired) electrons. The Bertz CT molecular complexity index is 261. The molecule has 1 rings (SSSR count). The van der Waals surface area contributed by atoms with E-state index < -0.39 is 5.60 Å². The average molecular weight is 242 g/mol. The fourth-order valence-corrected chi connectivity index (χ4v) is 2.05. The van der Waals surface area contributed by atoms with Crippen LogP contribution in [0.2, 0.25) is 0 Å². The van der Waals surface area contributed by atoms with Crippen LogP contribution in [-0.2, 0) is 4.74 Å². The van der Waals surface area contributed by atoms with Gasteiger partial charge in [0, 0.05) is 13.1 Å². The van der Waals surface area contributed by atoms with E-state index in [1.54, 1.807) is 4.90 Å².